The van der Waals surface area contributed by atoms with E-state index in [-0.39, 0.29) is 0 Å². The van der Waals surface area contributed by atoms with Crippen molar-refractivity contribution in [3.05, 3.63) is 0 Å². The molecule has 0 bridgehead atoms. The summed E-state index contributed by atoms with van der Waals surface area (Å²) in [5.74, 6) is -0.860. The van der Waals surface area contributed by atoms with Crippen molar-refractivity contribution in [2.24, 2.45) is 0 Å². The third-order valence-electron chi connectivity index (χ3n) is 1.03. The van der Waals surface area contributed by atoms with E-state index in [2.05, 4.69) is 23.6 Å². The summed E-state index contributed by atoms with van der Waals surface area (Å²) < 4.78 is 0. The lowest BCUT2D eigenvalue weighted by molar-refractivity contribution is -0.138. The first-order chi connectivity index (χ1) is 4.56. The molecule has 0 aromatic rings. The van der Waals surface area contributed by atoms with Gasteiger partial charge in [-0.15, -0.1) is 0 Å². The zero-order valence-corrected chi connectivity index (χ0v) is 8.70. The van der Waals surface area contributed by atoms with Gasteiger partial charge in [-0.25, -0.2) is 0 Å². The average Bonchev–Trinajstić information content (AvgIpc) is 1.88. The van der Waals surface area contributed by atoms with Crippen molar-refractivity contribution in [3.63, 3.8) is 0 Å². The number of rotatable bonds is 4. The van der Waals surface area contributed by atoms with Crippen molar-refractivity contribution in [2.45, 2.75) is 12.1 Å². The fourth-order valence-corrected chi connectivity index (χ4v) is 2.98. The van der Waals surface area contributed by atoms with Crippen LogP contribution in [0.5, 0.6) is 0 Å². The highest BCUT2D eigenvalue weighted by Crippen LogP contribution is 2.26. The van der Waals surface area contributed by atoms with Gasteiger partial charge in [-0.2, -0.15) is 0 Å². The Morgan fingerprint density at radius 2 is 2.20 bits per heavy atom. The van der Waals surface area contributed by atoms with Crippen LogP contribution >= 0.6 is 14.7 Å². The van der Waals surface area contributed by atoms with Crippen molar-refractivity contribution >= 4 is 44.3 Å². The van der Waals surface area contributed by atoms with E-state index in [4.69, 9.17) is 5.11 Å². The molecule has 0 radical (unpaired) electrons. The van der Waals surface area contributed by atoms with Crippen LogP contribution in [-0.2, 0) is 28.4 Å². The number of aliphatic carboxylic acids is 1. The highest BCUT2D eigenvalue weighted by molar-refractivity contribution is 7.99. The lowest BCUT2D eigenvalue weighted by Gasteiger charge is -2.13. The summed E-state index contributed by atoms with van der Waals surface area (Å²) in [5, 5.41) is 7.82. The van der Waals surface area contributed by atoms with Crippen LogP contribution < -0.4 is 0 Å². The lowest BCUT2D eigenvalue weighted by Crippen LogP contribution is -2.30. The molecular weight excluding hydrogens is 206 g/mol. The van der Waals surface area contributed by atoms with Crippen LogP contribution in [0.15, 0.2) is 0 Å². The topological polar surface area (TPSA) is 37.3 Å². The van der Waals surface area contributed by atoms with Crippen LogP contribution in [0, 0.1) is 0 Å². The molecule has 0 rings (SSSR count). The smallest absolute Gasteiger partial charge is 0.319 e. The largest absolute Gasteiger partial charge is 0.480 e. The molecule has 0 heterocycles. The number of hydrogen-bond acceptors (Lipinski definition) is 3. The fraction of sp³-hybridized carbons (Fsp3) is 0.750. The number of carboxylic acid groups (broad SMARTS) is 1. The summed E-state index contributed by atoms with van der Waals surface area (Å²) in [5.41, 5.74) is 0. The van der Waals surface area contributed by atoms with Crippen molar-refractivity contribution in [1.82, 2.24) is 0 Å². The van der Waals surface area contributed by atoms with E-state index in [1.165, 1.54) is 0 Å². The van der Waals surface area contributed by atoms with Crippen LogP contribution in [-0.4, -0.2) is 22.4 Å². The van der Waals surface area contributed by atoms with Gasteiger partial charge in [-0.1, -0.05) is 23.6 Å². The van der Waals surface area contributed by atoms with E-state index in [1.54, 1.807) is 6.92 Å². The molecule has 2 nitrogen and oxygen atoms in total. The molecule has 0 saturated carbocycles. The predicted octanol–water partition coefficient (Wildman–Crippen LogP) is 1.65. The van der Waals surface area contributed by atoms with Crippen molar-refractivity contribution < 1.29 is 9.90 Å². The molecule has 0 aromatic heterocycles. The summed E-state index contributed by atoms with van der Waals surface area (Å²) in [6, 6.07) is 0. The molecule has 0 saturated heterocycles. The lowest BCUT2D eigenvalue weighted by atomic mass is 10.2. The summed E-state index contributed by atoms with van der Waals surface area (Å²) in [6.45, 7) is 1.61. The summed E-state index contributed by atoms with van der Waals surface area (Å²) >= 11 is 9.31. The van der Waals surface area contributed by atoms with E-state index in [0.29, 0.717) is 20.9 Å². The highest BCUT2D eigenvalue weighted by atomic mass is 32.4. The normalized spacial score (nSPS) is 16.9. The van der Waals surface area contributed by atoms with Crippen LogP contribution in [0.4, 0.5) is 0 Å². The molecule has 0 spiro atoms. The van der Waals surface area contributed by atoms with Crippen LogP contribution in [0.25, 0.3) is 0 Å². The molecule has 10 heavy (non-hydrogen) atoms. The third-order valence-corrected chi connectivity index (χ3v) is 4.39. The molecule has 0 fully saturated rings. The Hall–Kier alpha value is 0.510. The van der Waals surface area contributed by atoms with Gasteiger partial charge in [0.05, 0.1) is 0 Å². The zero-order valence-electron chi connectivity index (χ0n) is 5.27. The van der Waals surface area contributed by atoms with E-state index >= 15 is 0 Å². The van der Waals surface area contributed by atoms with E-state index in [0.717, 1.165) is 0 Å². The molecule has 1 unspecified atom stereocenters. The summed E-state index contributed by atoms with van der Waals surface area (Å²) in [7, 11) is 1.12. The van der Waals surface area contributed by atoms with Gasteiger partial charge in [-0.05, 0) is 21.6 Å². The van der Waals surface area contributed by atoms with Gasteiger partial charge in [0.15, 0.2) is 0 Å². The Labute approximate surface area is 72.7 Å². The Kier molecular flexibility index (Phi) is 4.63. The maximum absolute atomic E-state index is 10.5. The van der Waals surface area contributed by atoms with Crippen LogP contribution in [0.1, 0.15) is 6.92 Å². The average molecular weight is 212 g/mol. The number of hydrogen-bond donors (Lipinski definition) is 1. The Bertz CT molecular complexity index is 173. The Morgan fingerprint density at radius 1 is 1.70 bits per heavy atom. The van der Waals surface area contributed by atoms with Gasteiger partial charge in [0.25, 0.3) is 0 Å². The molecule has 56 valence electrons. The second kappa shape index (κ2) is 4.40. The van der Waals surface area contributed by atoms with Gasteiger partial charge in [0, 0.05) is 6.16 Å². The molecule has 6 heteroatoms. The SMILES string of the molecule is CC(CP=S)(P=S)C(=O)O. The summed E-state index contributed by atoms with van der Waals surface area (Å²) in [4.78, 5) is 10.5. The standard InChI is InChI=1S/C4H6O2P2S2/c1-4(8-10,2-7-9)3(5)6/h2H2,1H3,(H,5,6). The molecule has 0 aliphatic heterocycles. The second-order valence-electron chi connectivity index (χ2n) is 1.96. The fourth-order valence-electron chi connectivity index (χ4n) is 0.261. The molecule has 1 atom stereocenters. The zero-order chi connectivity index (χ0) is 8.20. The first-order valence-corrected chi connectivity index (χ1v) is 6.44. The number of carbonyl (C=O) groups is 1. The van der Waals surface area contributed by atoms with Crippen molar-refractivity contribution in [1.29, 1.82) is 0 Å². The third kappa shape index (κ3) is 2.63. The van der Waals surface area contributed by atoms with Gasteiger partial charge < -0.3 is 5.11 Å². The highest BCUT2D eigenvalue weighted by Gasteiger charge is 2.30. The van der Waals surface area contributed by atoms with Crippen LogP contribution in [0.2, 0.25) is 0 Å². The molecule has 0 aliphatic rings. The summed E-state index contributed by atoms with van der Waals surface area (Å²) in [6.07, 6.45) is 0.447. The van der Waals surface area contributed by atoms with E-state index < -0.39 is 11.1 Å². The second-order valence-corrected chi connectivity index (χ2v) is 5.02. The minimum Gasteiger partial charge on any atom is -0.480 e. The first kappa shape index (κ1) is 10.5. The van der Waals surface area contributed by atoms with E-state index in [9.17, 15) is 4.79 Å². The molecular formula is C4H6O2P2S2. The Balaban J connectivity index is 4.36. The minimum atomic E-state index is -0.860. The predicted molar refractivity (Wildman–Crippen MR) is 49.5 cm³/mol. The van der Waals surface area contributed by atoms with Crippen molar-refractivity contribution in [2.75, 3.05) is 6.16 Å². The maximum atomic E-state index is 10.5. The van der Waals surface area contributed by atoms with E-state index in [1.807, 2.05) is 0 Å². The van der Waals surface area contributed by atoms with Gasteiger partial charge >= 0.3 is 5.97 Å². The molecule has 0 amide bonds. The van der Waals surface area contributed by atoms with Crippen LogP contribution in [0.3, 0.4) is 0 Å². The van der Waals surface area contributed by atoms with Gasteiger partial charge in [0.1, 0.15) is 5.16 Å². The molecule has 0 aromatic carbocycles. The monoisotopic (exact) mass is 212 g/mol. The quantitative estimate of drug-likeness (QED) is 0.719. The van der Waals surface area contributed by atoms with Gasteiger partial charge in [-0.3, -0.25) is 4.79 Å². The molecule has 0 aliphatic carbocycles. The first-order valence-electron chi connectivity index (χ1n) is 2.44. The number of carboxylic acids is 1. The van der Waals surface area contributed by atoms with Crippen molar-refractivity contribution in [3.8, 4) is 0 Å². The Morgan fingerprint density at radius 3 is 2.30 bits per heavy atom. The maximum Gasteiger partial charge on any atom is 0.319 e. The van der Waals surface area contributed by atoms with Gasteiger partial charge in [0.2, 0.25) is 0 Å². The minimum absolute atomic E-state index is 0.447. The molecule has 1 N–H and O–H groups in total.